The average Bonchev–Trinajstić information content (AvgIpc) is 2.87. The Kier molecular flexibility index (Phi) is 14.2. The number of rotatable bonds is 18. The van der Waals surface area contributed by atoms with Gasteiger partial charge >= 0.3 is 5.97 Å². The van der Waals surface area contributed by atoms with Crippen molar-refractivity contribution in [1.82, 2.24) is 0 Å². The fourth-order valence-corrected chi connectivity index (χ4v) is 4.54. The highest BCUT2D eigenvalue weighted by molar-refractivity contribution is 6.30. The summed E-state index contributed by atoms with van der Waals surface area (Å²) in [4.78, 5) is 11.5. The minimum atomic E-state index is -0.931. The summed E-state index contributed by atoms with van der Waals surface area (Å²) in [6.07, 6.45) is 9.76. The van der Waals surface area contributed by atoms with Crippen LogP contribution in [0, 0.1) is 0 Å². The van der Waals surface area contributed by atoms with Gasteiger partial charge in [-0.05, 0) is 55.0 Å². The number of carboxylic acid groups (broad SMARTS) is 1. The van der Waals surface area contributed by atoms with E-state index in [1.54, 1.807) is 12.1 Å². The average molecular weight is 524 g/mol. The van der Waals surface area contributed by atoms with E-state index in [0.717, 1.165) is 49.8 Å². The second kappa shape index (κ2) is 16.8. The van der Waals surface area contributed by atoms with Crippen LogP contribution in [0.3, 0.4) is 0 Å². The van der Waals surface area contributed by atoms with Crippen LogP contribution in [0.15, 0.2) is 48.5 Å². The zero-order valence-electron chi connectivity index (χ0n) is 21.1. The summed E-state index contributed by atoms with van der Waals surface area (Å²) in [7, 11) is 0. The Morgan fingerprint density at radius 3 is 2.26 bits per heavy atom. The Morgan fingerprint density at radius 2 is 1.57 bits per heavy atom. The number of ether oxygens (including phenoxy) is 2. The van der Waals surface area contributed by atoms with Crippen molar-refractivity contribution in [3.05, 3.63) is 54.1 Å². The summed E-state index contributed by atoms with van der Waals surface area (Å²) in [5, 5.41) is 9.19. The zero-order valence-corrected chi connectivity index (χ0v) is 22.6. The highest BCUT2D eigenvalue weighted by Crippen LogP contribution is 2.26. The Bertz CT molecular complexity index is 856. The van der Waals surface area contributed by atoms with Gasteiger partial charge in [-0.1, -0.05) is 76.3 Å². The maximum Gasteiger partial charge on any atom is 0.336 e. The number of aromatic carboxylic acids is 1. The van der Waals surface area contributed by atoms with E-state index in [0.29, 0.717) is 24.3 Å². The zero-order chi connectivity index (χ0) is 25.5. The van der Waals surface area contributed by atoms with E-state index in [9.17, 15) is 9.90 Å². The van der Waals surface area contributed by atoms with Gasteiger partial charge in [0.15, 0.2) is 0 Å². The molecule has 2 aromatic rings. The van der Waals surface area contributed by atoms with Gasteiger partial charge in [-0.2, -0.15) is 0 Å². The molecular weight excluding hydrogens is 483 g/mol. The molecule has 4 nitrogen and oxygen atoms in total. The molecule has 0 amide bonds. The van der Waals surface area contributed by atoms with Crippen LogP contribution in [0.5, 0.6) is 5.75 Å². The van der Waals surface area contributed by atoms with Crippen LogP contribution in [-0.2, 0) is 4.74 Å². The highest BCUT2D eigenvalue weighted by Gasteiger charge is 2.19. The molecule has 1 unspecified atom stereocenters. The van der Waals surface area contributed by atoms with E-state index in [2.05, 4.69) is 13.8 Å². The number of alkyl halides is 2. The van der Waals surface area contributed by atoms with Gasteiger partial charge < -0.3 is 14.6 Å². The van der Waals surface area contributed by atoms with E-state index < -0.39 is 5.97 Å². The van der Waals surface area contributed by atoms with Gasteiger partial charge in [-0.15, -0.1) is 23.2 Å². The highest BCUT2D eigenvalue weighted by atomic mass is 35.5. The molecule has 194 valence electrons. The van der Waals surface area contributed by atoms with E-state index in [1.165, 1.54) is 19.3 Å². The number of carbonyl (C=O) groups is 1. The van der Waals surface area contributed by atoms with Crippen molar-refractivity contribution >= 4 is 29.2 Å². The normalized spacial score (nSPS) is 13.8. The van der Waals surface area contributed by atoms with Crippen molar-refractivity contribution in [2.24, 2.45) is 0 Å². The van der Waals surface area contributed by atoms with Crippen molar-refractivity contribution in [1.29, 1.82) is 0 Å². The molecule has 2 rings (SSSR count). The number of halogens is 2. The summed E-state index contributed by atoms with van der Waals surface area (Å²) < 4.78 is 12.1. The van der Waals surface area contributed by atoms with Crippen LogP contribution >= 0.6 is 23.2 Å². The quantitative estimate of drug-likeness (QED) is 0.157. The Labute approximate surface area is 220 Å². The van der Waals surface area contributed by atoms with Crippen molar-refractivity contribution in [3.8, 4) is 16.9 Å². The summed E-state index contributed by atoms with van der Waals surface area (Å²) in [5.41, 5.74) is 1.85. The van der Waals surface area contributed by atoms with Crippen LogP contribution in [-0.4, -0.2) is 41.1 Å². The van der Waals surface area contributed by atoms with Gasteiger partial charge in [-0.3, -0.25) is 0 Å². The first-order valence-electron chi connectivity index (χ1n) is 12.9. The monoisotopic (exact) mass is 522 g/mol. The topological polar surface area (TPSA) is 55.8 Å². The predicted octanol–water partition coefficient (Wildman–Crippen LogP) is 8.58. The minimum absolute atomic E-state index is 0.0591. The summed E-state index contributed by atoms with van der Waals surface area (Å²) >= 11 is 12.8. The number of carboxylic acids is 1. The first-order chi connectivity index (χ1) is 17.0. The lowest BCUT2D eigenvalue weighted by Crippen LogP contribution is -2.25. The summed E-state index contributed by atoms with van der Waals surface area (Å²) in [5.74, 6) is -0.160. The van der Waals surface area contributed by atoms with Gasteiger partial charge in [0.1, 0.15) is 5.75 Å². The lowest BCUT2D eigenvalue weighted by Gasteiger charge is -2.22. The van der Waals surface area contributed by atoms with E-state index in [4.69, 9.17) is 32.7 Å². The molecule has 1 N–H and O–H groups in total. The third-order valence-electron chi connectivity index (χ3n) is 6.09. The standard InChI is InChI=1S/C29H40Cl2O4/c1-3-5-6-7-12-23(35-21-28(31)27(30)11-4-2)13-10-20-34-24-18-16-22(17-19-24)25-14-8-9-15-26(25)29(32)33/h8-9,14-19,23,27-28H,3-7,10-13,20-21H2,1-2H3,(H,32,33)/t23?,27-,28-/m1/s1. The molecule has 0 aliphatic rings. The molecule has 0 aliphatic carbocycles. The predicted molar refractivity (Wildman–Crippen MR) is 146 cm³/mol. The van der Waals surface area contributed by atoms with Gasteiger partial charge in [0.25, 0.3) is 0 Å². The lowest BCUT2D eigenvalue weighted by molar-refractivity contribution is 0.0357. The Morgan fingerprint density at radius 1 is 0.857 bits per heavy atom. The first-order valence-corrected chi connectivity index (χ1v) is 13.8. The summed E-state index contributed by atoms with van der Waals surface area (Å²) in [6.45, 7) is 5.40. The van der Waals surface area contributed by atoms with Gasteiger partial charge in [-0.25, -0.2) is 4.79 Å². The number of benzene rings is 2. The summed E-state index contributed by atoms with van der Waals surface area (Å²) in [6, 6.07) is 14.6. The minimum Gasteiger partial charge on any atom is -0.494 e. The molecule has 0 radical (unpaired) electrons. The van der Waals surface area contributed by atoms with Crippen LogP contribution in [0.2, 0.25) is 0 Å². The van der Waals surface area contributed by atoms with Crippen LogP contribution < -0.4 is 4.74 Å². The molecule has 6 heteroatoms. The number of unbranched alkanes of at least 4 members (excludes halogenated alkanes) is 3. The molecule has 0 heterocycles. The molecule has 0 fully saturated rings. The Balaban J connectivity index is 1.83. The molecule has 0 bridgehead atoms. The fraction of sp³-hybridized carbons (Fsp3) is 0.552. The molecule has 2 aromatic carbocycles. The maximum absolute atomic E-state index is 11.5. The largest absolute Gasteiger partial charge is 0.494 e. The maximum atomic E-state index is 11.5. The number of hydrogen-bond donors (Lipinski definition) is 1. The molecule has 3 atom stereocenters. The molecule has 0 aliphatic heterocycles. The van der Waals surface area contributed by atoms with E-state index >= 15 is 0 Å². The lowest BCUT2D eigenvalue weighted by atomic mass is 10.00. The van der Waals surface area contributed by atoms with Gasteiger partial charge in [0.2, 0.25) is 0 Å². The second-order valence-corrected chi connectivity index (χ2v) is 10.1. The van der Waals surface area contributed by atoms with Crippen molar-refractivity contribution in [2.45, 2.75) is 88.5 Å². The molecular formula is C29H40Cl2O4. The van der Waals surface area contributed by atoms with Crippen LogP contribution in [0.4, 0.5) is 0 Å². The van der Waals surface area contributed by atoms with E-state index in [1.807, 2.05) is 36.4 Å². The SMILES string of the molecule is CCCCCCC(CCCOc1ccc(-c2ccccc2C(=O)O)cc1)OC[C@@H](Cl)[C@H](Cl)CCC. The van der Waals surface area contributed by atoms with Crippen molar-refractivity contribution < 1.29 is 19.4 Å². The van der Waals surface area contributed by atoms with Gasteiger partial charge in [0.05, 0.1) is 35.6 Å². The Hall–Kier alpha value is -1.75. The van der Waals surface area contributed by atoms with Gasteiger partial charge in [0, 0.05) is 0 Å². The third kappa shape index (κ3) is 10.8. The fourth-order valence-electron chi connectivity index (χ4n) is 4.05. The van der Waals surface area contributed by atoms with Crippen LogP contribution in [0.1, 0.15) is 82.0 Å². The third-order valence-corrected chi connectivity index (χ3v) is 7.17. The molecule has 0 saturated heterocycles. The first kappa shape index (κ1) is 29.5. The molecule has 35 heavy (non-hydrogen) atoms. The smallest absolute Gasteiger partial charge is 0.336 e. The van der Waals surface area contributed by atoms with Crippen LogP contribution in [0.25, 0.3) is 11.1 Å². The molecule has 0 aromatic heterocycles. The van der Waals surface area contributed by atoms with Crippen molar-refractivity contribution in [2.75, 3.05) is 13.2 Å². The number of hydrogen-bond acceptors (Lipinski definition) is 3. The van der Waals surface area contributed by atoms with E-state index in [-0.39, 0.29) is 16.9 Å². The second-order valence-electron chi connectivity index (χ2n) is 8.99. The molecule has 0 spiro atoms. The van der Waals surface area contributed by atoms with Crippen molar-refractivity contribution in [3.63, 3.8) is 0 Å². The molecule has 0 saturated carbocycles.